The number of hydrogen-bond acceptors (Lipinski definition) is 2. The first-order valence-electron chi connectivity index (χ1n) is 9.96. The van der Waals surface area contributed by atoms with Crippen LogP contribution in [0.3, 0.4) is 0 Å². The van der Waals surface area contributed by atoms with Crippen LogP contribution >= 0.6 is 54.1 Å². The Labute approximate surface area is 201 Å². The summed E-state index contributed by atoms with van der Waals surface area (Å²) >= 11 is 0.995. The van der Waals surface area contributed by atoms with Gasteiger partial charge in [0.2, 0.25) is 0 Å². The van der Waals surface area contributed by atoms with Crippen molar-refractivity contribution >= 4 is 66.7 Å². The van der Waals surface area contributed by atoms with Gasteiger partial charge in [0.1, 0.15) is 0 Å². The molecule has 0 spiro atoms. The Balaban J connectivity index is 1.57. The van der Waals surface area contributed by atoms with Crippen LogP contribution in [0.25, 0.3) is 17.2 Å². The van der Waals surface area contributed by atoms with Crippen LogP contribution in [0, 0.1) is 0 Å². The van der Waals surface area contributed by atoms with Crippen molar-refractivity contribution in [3.05, 3.63) is 88.5 Å². The zero-order chi connectivity index (χ0) is 20.7. The Hall–Kier alpha value is 0.0431. The van der Waals surface area contributed by atoms with E-state index in [2.05, 4.69) is 82.7 Å². The average molecular weight is 613 g/mol. The zero-order valence-corrected chi connectivity index (χ0v) is 23.2. The Morgan fingerprint density at radius 3 is 2.53 bits per heavy atom. The quantitative estimate of drug-likeness (QED) is 0.188. The van der Waals surface area contributed by atoms with Crippen molar-refractivity contribution in [1.29, 1.82) is 0 Å². The molecule has 0 nitrogen and oxygen atoms in total. The van der Waals surface area contributed by atoms with Gasteiger partial charge < -0.3 is 0 Å². The molecule has 2 atom stereocenters. The van der Waals surface area contributed by atoms with Crippen molar-refractivity contribution in [1.82, 2.24) is 0 Å². The summed E-state index contributed by atoms with van der Waals surface area (Å²) < 4.78 is 2.52. The zero-order valence-electron chi connectivity index (χ0n) is 15.9. The number of fused-ring (bicyclic) bond motifs is 6. The van der Waals surface area contributed by atoms with E-state index in [0.29, 0.717) is 10.1 Å². The normalized spacial score (nSPS) is 22.5. The molecule has 1 fully saturated rings. The fourth-order valence-corrected chi connectivity index (χ4v) is 19.9. The van der Waals surface area contributed by atoms with Crippen LogP contribution in [0.15, 0.2) is 66.2 Å². The number of thiol groups is 1. The number of halogens is 3. The molecule has 2 aliphatic carbocycles. The van der Waals surface area contributed by atoms with E-state index >= 15 is 0 Å². The van der Waals surface area contributed by atoms with Gasteiger partial charge in [-0.05, 0) is 0 Å². The van der Waals surface area contributed by atoms with Crippen molar-refractivity contribution in [3.63, 3.8) is 0 Å². The van der Waals surface area contributed by atoms with Gasteiger partial charge in [-0.3, -0.25) is 0 Å². The van der Waals surface area contributed by atoms with E-state index in [-0.39, 0.29) is 0 Å². The summed E-state index contributed by atoms with van der Waals surface area (Å²) in [5.74, 6) is 1.45. The summed E-state index contributed by atoms with van der Waals surface area (Å²) in [6, 6.07) is 21.4. The second kappa shape index (κ2) is 7.02. The van der Waals surface area contributed by atoms with Crippen LogP contribution in [0.5, 0.6) is 0 Å². The van der Waals surface area contributed by atoms with Crippen LogP contribution in [0.4, 0.5) is 0 Å². The van der Waals surface area contributed by atoms with E-state index in [9.17, 15) is 0 Å². The molecule has 2 unspecified atom stereocenters. The summed E-state index contributed by atoms with van der Waals surface area (Å²) in [7, 11) is 20.3. The first-order valence-corrected chi connectivity index (χ1v) is 24.5. The second-order valence-electron chi connectivity index (χ2n) is 8.30. The Morgan fingerprint density at radius 2 is 1.67 bits per heavy atom. The van der Waals surface area contributed by atoms with Crippen molar-refractivity contribution in [2.75, 3.05) is 5.75 Å². The third-order valence-corrected chi connectivity index (χ3v) is 23.5. The van der Waals surface area contributed by atoms with E-state index < -0.39 is 14.9 Å². The minimum atomic E-state index is -4.82. The predicted molar refractivity (Wildman–Crippen MR) is 137 cm³/mol. The second-order valence-corrected chi connectivity index (χ2v) is 36.9. The van der Waals surface area contributed by atoms with Gasteiger partial charge in [-0.25, -0.2) is 0 Å². The Morgan fingerprint density at radius 1 is 0.933 bits per heavy atom. The number of rotatable bonds is 2. The molecule has 6 heteroatoms. The maximum atomic E-state index is 7.54. The summed E-state index contributed by atoms with van der Waals surface area (Å²) in [5.41, 5.74) is 9.13. The topological polar surface area (TPSA) is 0 Å². The minimum absolute atomic E-state index is 0.404. The molecule has 0 saturated carbocycles. The fraction of sp³-hybridized carbons (Fsp3) is 0.167. The van der Waals surface area contributed by atoms with Gasteiger partial charge in [0.15, 0.2) is 0 Å². The summed E-state index contributed by atoms with van der Waals surface area (Å²) in [4.78, 5) is 0. The molecule has 0 bridgehead atoms. The van der Waals surface area contributed by atoms with E-state index in [4.69, 9.17) is 26.4 Å². The van der Waals surface area contributed by atoms with Crippen molar-refractivity contribution < 1.29 is 14.9 Å². The number of benzene rings is 3. The van der Waals surface area contributed by atoms with E-state index in [1.165, 1.54) is 39.0 Å². The Bertz CT molecular complexity index is 1260. The van der Waals surface area contributed by atoms with Crippen molar-refractivity contribution in [3.8, 4) is 11.1 Å². The molecule has 1 saturated heterocycles. The molecular formula is C24H18BrCl2S2Zr. The standard InChI is InChI=1S/C13H9.C11H8BrS.2ClH.H2S.Zr/c1-3-7-12-10(5-1)9-11-6-2-4-8-13(11)12;12-11-10-8(6-13-11)5-7-3-1-2-4-9(7)10;;;;/h1-5,7-8H,9H2;1-2,4-5,10-11H,6H2;2*1H;1H2;/q;;;;;+3/p-3. The molecule has 0 radical (unpaired) electrons. The predicted octanol–water partition coefficient (Wildman–Crippen LogP) is 7.00. The SMILES string of the molecule is [SH][Zr]([Cl])([Cl])([c]1cccc2c1C=C1CSC(Br)C12)[c]1cccc2c1Cc1ccccc1-2. The molecule has 1 heterocycles. The average Bonchev–Trinajstić information content (AvgIpc) is 3.39. The van der Waals surface area contributed by atoms with Crippen molar-refractivity contribution in [2.24, 2.45) is 0 Å². The van der Waals surface area contributed by atoms with Gasteiger partial charge in [0, 0.05) is 0 Å². The summed E-state index contributed by atoms with van der Waals surface area (Å²) in [5, 5.41) is 0. The van der Waals surface area contributed by atoms with Crippen LogP contribution in [0.1, 0.15) is 28.2 Å². The molecule has 30 heavy (non-hydrogen) atoms. The van der Waals surface area contributed by atoms with E-state index in [0.717, 1.165) is 18.7 Å². The number of hydrogen-bond donors (Lipinski definition) is 1. The molecular weight excluding hydrogens is 594 g/mol. The van der Waals surface area contributed by atoms with Gasteiger partial charge in [-0.1, -0.05) is 0 Å². The third-order valence-electron chi connectivity index (χ3n) is 6.64. The number of alkyl halides is 1. The van der Waals surface area contributed by atoms with Gasteiger partial charge >= 0.3 is 204 Å². The van der Waals surface area contributed by atoms with Gasteiger partial charge in [-0.15, -0.1) is 0 Å². The van der Waals surface area contributed by atoms with Gasteiger partial charge in [0.05, 0.1) is 0 Å². The molecule has 0 aromatic heterocycles. The molecule has 3 aromatic carbocycles. The van der Waals surface area contributed by atoms with Crippen molar-refractivity contribution in [2.45, 2.75) is 16.5 Å². The third kappa shape index (κ3) is 2.90. The monoisotopic (exact) mass is 609 g/mol. The van der Waals surface area contributed by atoms with Crippen LogP contribution in [-0.2, 0) is 21.4 Å². The molecule has 3 aliphatic rings. The maximum absolute atomic E-state index is 7.54. The molecule has 3 aromatic rings. The van der Waals surface area contributed by atoms with Crippen LogP contribution in [0.2, 0.25) is 0 Å². The first-order chi connectivity index (χ1) is 14.3. The number of thioether (sulfide) groups is 1. The molecule has 0 amide bonds. The van der Waals surface area contributed by atoms with Crippen LogP contribution in [-0.4, -0.2) is 9.91 Å². The van der Waals surface area contributed by atoms with Crippen LogP contribution < -0.4 is 6.54 Å². The molecule has 0 N–H and O–H groups in total. The molecule has 6 rings (SSSR count). The van der Waals surface area contributed by atoms with Gasteiger partial charge in [-0.2, -0.15) is 0 Å². The van der Waals surface area contributed by atoms with E-state index in [1.807, 2.05) is 11.8 Å². The fourth-order valence-electron chi connectivity index (χ4n) is 5.28. The molecule has 151 valence electrons. The Kier molecular flexibility index (Phi) is 4.83. The van der Waals surface area contributed by atoms with E-state index in [1.54, 1.807) is 0 Å². The molecule has 1 aliphatic heterocycles. The summed E-state index contributed by atoms with van der Waals surface area (Å²) in [6.07, 6.45) is 3.19. The summed E-state index contributed by atoms with van der Waals surface area (Å²) in [6.45, 7) is 0. The van der Waals surface area contributed by atoms with Gasteiger partial charge in [0.25, 0.3) is 0 Å². The first kappa shape index (κ1) is 20.6.